The van der Waals surface area contributed by atoms with Gasteiger partial charge >= 0.3 is 0 Å². The molecule has 6 nitrogen and oxygen atoms in total. The Hall–Kier alpha value is -1.56. The second-order valence-electron chi connectivity index (χ2n) is 4.77. The summed E-state index contributed by atoms with van der Waals surface area (Å²) in [6.45, 7) is 7.09. The Morgan fingerprint density at radius 1 is 1.21 bits per heavy atom. The fourth-order valence-electron chi connectivity index (χ4n) is 1.51. The minimum Gasteiger partial charge on any atom is -0.481 e. The quantitative estimate of drug-likeness (QED) is 0.714. The fourth-order valence-corrected chi connectivity index (χ4v) is 1.51. The van der Waals surface area contributed by atoms with E-state index in [2.05, 4.69) is 29.1 Å². The zero-order valence-electron chi connectivity index (χ0n) is 12.4. The van der Waals surface area contributed by atoms with E-state index in [1.54, 1.807) is 20.3 Å². The van der Waals surface area contributed by atoms with Crippen LogP contribution in [0.5, 0.6) is 11.8 Å². The summed E-state index contributed by atoms with van der Waals surface area (Å²) in [6, 6.07) is 1.66. The summed E-state index contributed by atoms with van der Waals surface area (Å²) in [4.78, 5) is 10.6. The number of hydrogen-bond donors (Lipinski definition) is 1. The molecule has 0 fully saturated rings. The predicted molar refractivity (Wildman–Crippen MR) is 76.1 cm³/mol. The molecule has 0 aliphatic heterocycles. The number of ether oxygens (including phenoxy) is 2. The molecule has 0 saturated carbocycles. The average Bonchev–Trinajstić information content (AvgIpc) is 2.42. The lowest BCUT2D eigenvalue weighted by molar-refractivity contribution is 0.371. The third-order valence-electron chi connectivity index (χ3n) is 2.60. The van der Waals surface area contributed by atoms with Crippen molar-refractivity contribution in [3.05, 3.63) is 6.07 Å². The maximum Gasteiger partial charge on any atom is 0.231 e. The smallest absolute Gasteiger partial charge is 0.231 e. The lowest BCUT2D eigenvalue weighted by atomic mass is 10.2. The van der Waals surface area contributed by atoms with E-state index in [4.69, 9.17) is 9.47 Å². The van der Waals surface area contributed by atoms with Crippen molar-refractivity contribution in [1.82, 2.24) is 15.3 Å². The normalized spacial score (nSPS) is 10.6. The Morgan fingerprint density at radius 3 is 2.26 bits per heavy atom. The first kappa shape index (κ1) is 15.5. The van der Waals surface area contributed by atoms with Crippen LogP contribution < -0.4 is 19.7 Å². The first-order valence-corrected chi connectivity index (χ1v) is 6.45. The molecule has 0 atom stereocenters. The number of rotatable bonds is 8. The summed E-state index contributed by atoms with van der Waals surface area (Å²) in [6.07, 6.45) is 0. The van der Waals surface area contributed by atoms with Gasteiger partial charge in [0.2, 0.25) is 17.7 Å². The van der Waals surface area contributed by atoms with Crippen molar-refractivity contribution in [3.63, 3.8) is 0 Å². The van der Waals surface area contributed by atoms with Crippen molar-refractivity contribution in [2.24, 2.45) is 5.92 Å². The molecular formula is C13H24N4O2. The first-order chi connectivity index (χ1) is 9.06. The van der Waals surface area contributed by atoms with E-state index in [1.165, 1.54) is 0 Å². The number of nitrogens with zero attached hydrogens (tertiary/aromatic N) is 3. The van der Waals surface area contributed by atoms with Gasteiger partial charge in [0.05, 0.1) is 20.3 Å². The molecule has 0 unspecified atom stereocenters. The third kappa shape index (κ3) is 5.30. The van der Waals surface area contributed by atoms with Gasteiger partial charge in [0.15, 0.2) is 0 Å². The van der Waals surface area contributed by atoms with Crippen LogP contribution in [0.3, 0.4) is 0 Å². The van der Waals surface area contributed by atoms with Gasteiger partial charge in [-0.1, -0.05) is 13.8 Å². The van der Waals surface area contributed by atoms with Crippen LogP contribution in [0.1, 0.15) is 13.8 Å². The third-order valence-corrected chi connectivity index (χ3v) is 2.60. The number of methoxy groups -OCH3 is 2. The lowest BCUT2D eigenvalue weighted by Crippen LogP contribution is -2.32. The monoisotopic (exact) mass is 268 g/mol. The first-order valence-electron chi connectivity index (χ1n) is 6.45. The zero-order valence-corrected chi connectivity index (χ0v) is 12.4. The summed E-state index contributed by atoms with van der Waals surface area (Å²) < 4.78 is 10.3. The molecule has 1 rings (SSSR count). The molecule has 0 radical (unpaired) electrons. The van der Waals surface area contributed by atoms with Crippen LogP contribution in [-0.4, -0.2) is 50.9 Å². The molecule has 0 aliphatic rings. The highest BCUT2D eigenvalue weighted by Gasteiger charge is 2.09. The standard InChI is InChI=1S/C13H24N4O2/c1-10(2)9-14-6-7-17(3)13-15-11(18-4)8-12(16-13)19-5/h8,10,14H,6-7,9H2,1-5H3. The van der Waals surface area contributed by atoms with Gasteiger partial charge < -0.3 is 19.7 Å². The molecule has 108 valence electrons. The maximum atomic E-state index is 5.13. The maximum absolute atomic E-state index is 5.13. The zero-order chi connectivity index (χ0) is 14.3. The summed E-state index contributed by atoms with van der Waals surface area (Å²) >= 11 is 0. The van der Waals surface area contributed by atoms with Crippen molar-refractivity contribution in [1.29, 1.82) is 0 Å². The average molecular weight is 268 g/mol. The van der Waals surface area contributed by atoms with E-state index >= 15 is 0 Å². The highest BCUT2D eigenvalue weighted by atomic mass is 16.5. The SMILES string of the molecule is COc1cc(OC)nc(N(C)CCNCC(C)C)n1. The Morgan fingerprint density at radius 2 is 1.79 bits per heavy atom. The van der Waals surface area contributed by atoms with E-state index in [0.717, 1.165) is 19.6 Å². The van der Waals surface area contributed by atoms with E-state index in [0.29, 0.717) is 23.6 Å². The number of hydrogen-bond acceptors (Lipinski definition) is 6. The van der Waals surface area contributed by atoms with Crippen LogP contribution in [0, 0.1) is 5.92 Å². The highest BCUT2D eigenvalue weighted by Crippen LogP contribution is 2.18. The van der Waals surface area contributed by atoms with Gasteiger partial charge in [-0.3, -0.25) is 0 Å². The topological polar surface area (TPSA) is 59.5 Å². The molecule has 0 bridgehead atoms. The van der Waals surface area contributed by atoms with Crippen LogP contribution in [0.4, 0.5) is 5.95 Å². The minimum absolute atomic E-state index is 0.504. The van der Waals surface area contributed by atoms with Gasteiger partial charge in [0.1, 0.15) is 0 Å². The van der Waals surface area contributed by atoms with Gasteiger partial charge in [-0.15, -0.1) is 0 Å². The van der Waals surface area contributed by atoms with Gasteiger partial charge in [0, 0.05) is 20.1 Å². The summed E-state index contributed by atoms with van der Waals surface area (Å²) in [5, 5.41) is 3.38. The Kier molecular flexibility index (Phi) is 6.35. The number of anilines is 1. The molecule has 6 heteroatoms. The predicted octanol–water partition coefficient (Wildman–Crippen LogP) is 1.18. The van der Waals surface area contributed by atoms with E-state index in [9.17, 15) is 0 Å². The summed E-state index contributed by atoms with van der Waals surface area (Å²) in [5.41, 5.74) is 0. The molecule has 19 heavy (non-hydrogen) atoms. The molecule has 0 saturated heterocycles. The fraction of sp³-hybridized carbons (Fsp3) is 0.692. The van der Waals surface area contributed by atoms with Crippen molar-refractivity contribution >= 4 is 5.95 Å². The Labute approximate surface area is 115 Å². The molecule has 1 aromatic heterocycles. The second kappa shape index (κ2) is 7.78. The molecule has 0 spiro atoms. The molecule has 1 N–H and O–H groups in total. The lowest BCUT2D eigenvalue weighted by Gasteiger charge is -2.18. The number of likely N-dealkylation sites (N-methyl/N-ethyl adjacent to an activating group) is 1. The van der Waals surface area contributed by atoms with Crippen LogP contribution in [0.25, 0.3) is 0 Å². The van der Waals surface area contributed by atoms with Crippen molar-refractivity contribution < 1.29 is 9.47 Å². The minimum atomic E-state index is 0.504. The summed E-state index contributed by atoms with van der Waals surface area (Å²) in [5.74, 6) is 2.26. The van der Waals surface area contributed by atoms with Crippen molar-refractivity contribution in [3.8, 4) is 11.8 Å². The largest absolute Gasteiger partial charge is 0.481 e. The van der Waals surface area contributed by atoms with E-state index in [-0.39, 0.29) is 0 Å². The van der Waals surface area contributed by atoms with Crippen LogP contribution in [-0.2, 0) is 0 Å². The number of aromatic nitrogens is 2. The van der Waals surface area contributed by atoms with Gasteiger partial charge in [0.25, 0.3) is 0 Å². The van der Waals surface area contributed by atoms with Gasteiger partial charge in [-0.25, -0.2) is 0 Å². The van der Waals surface area contributed by atoms with Crippen LogP contribution in [0.15, 0.2) is 6.07 Å². The van der Waals surface area contributed by atoms with Crippen molar-refractivity contribution in [2.75, 3.05) is 45.8 Å². The Bertz CT molecular complexity index is 363. The Balaban J connectivity index is 2.57. The molecule has 1 aromatic rings. The summed E-state index contributed by atoms with van der Waals surface area (Å²) in [7, 11) is 5.11. The van der Waals surface area contributed by atoms with Crippen molar-refractivity contribution in [2.45, 2.75) is 13.8 Å². The van der Waals surface area contributed by atoms with E-state index in [1.807, 2.05) is 11.9 Å². The number of nitrogens with one attached hydrogen (secondary N) is 1. The van der Waals surface area contributed by atoms with E-state index < -0.39 is 0 Å². The second-order valence-corrected chi connectivity index (χ2v) is 4.77. The highest BCUT2D eigenvalue weighted by molar-refractivity contribution is 5.35. The molecule has 0 aromatic carbocycles. The van der Waals surface area contributed by atoms with Crippen LogP contribution >= 0.6 is 0 Å². The van der Waals surface area contributed by atoms with Gasteiger partial charge in [-0.2, -0.15) is 9.97 Å². The van der Waals surface area contributed by atoms with Gasteiger partial charge in [-0.05, 0) is 12.5 Å². The molecule has 1 heterocycles. The molecule has 0 amide bonds. The van der Waals surface area contributed by atoms with Crippen LogP contribution in [0.2, 0.25) is 0 Å². The molecule has 0 aliphatic carbocycles. The molecular weight excluding hydrogens is 244 g/mol.